The van der Waals surface area contributed by atoms with Crippen LogP contribution in [0.25, 0.3) is 0 Å². The zero-order chi connectivity index (χ0) is 10.6. The van der Waals surface area contributed by atoms with Gasteiger partial charge in [0, 0.05) is 4.47 Å². The number of nitrogens with one attached hydrogen (secondary N) is 1. The Morgan fingerprint density at radius 2 is 2.20 bits per heavy atom. The lowest BCUT2D eigenvalue weighted by Gasteiger charge is -2.13. The fraction of sp³-hybridized carbons (Fsp3) is 0.300. The third kappa shape index (κ3) is 3.81. The fourth-order valence-electron chi connectivity index (χ4n) is 1.22. The lowest BCUT2D eigenvalue weighted by Crippen LogP contribution is -2.26. The number of likely N-dealkylation sites (N-methyl/N-ethyl adjacent to an activating group) is 1. The molecule has 84 valence electrons. The molecule has 0 aliphatic rings. The van der Waals surface area contributed by atoms with E-state index in [9.17, 15) is 4.79 Å². The lowest BCUT2D eigenvalue weighted by atomic mass is 10.1. The van der Waals surface area contributed by atoms with Crippen LogP contribution in [0.15, 0.2) is 28.7 Å². The monoisotopic (exact) mass is 293 g/mol. The molecule has 0 saturated heterocycles. The van der Waals surface area contributed by atoms with Crippen LogP contribution in [0.5, 0.6) is 0 Å². The van der Waals surface area contributed by atoms with Crippen LogP contribution in [0, 0.1) is 0 Å². The van der Waals surface area contributed by atoms with Crippen molar-refractivity contribution in [3.05, 3.63) is 34.3 Å². The van der Waals surface area contributed by atoms with E-state index in [-0.39, 0.29) is 18.4 Å². The van der Waals surface area contributed by atoms with E-state index in [2.05, 4.69) is 26.0 Å². The van der Waals surface area contributed by atoms with Crippen molar-refractivity contribution in [2.75, 3.05) is 14.2 Å². The van der Waals surface area contributed by atoms with Gasteiger partial charge in [-0.25, -0.2) is 4.79 Å². The molecule has 0 heterocycles. The number of rotatable bonds is 3. The molecule has 0 spiro atoms. The molecule has 1 atom stereocenters. The van der Waals surface area contributed by atoms with Gasteiger partial charge in [-0.15, -0.1) is 12.4 Å². The molecular formula is C10H13BrClNO2. The molecule has 0 aliphatic heterocycles. The first-order chi connectivity index (χ1) is 6.69. The first kappa shape index (κ1) is 14.4. The summed E-state index contributed by atoms with van der Waals surface area (Å²) in [6.07, 6.45) is 0. The summed E-state index contributed by atoms with van der Waals surface area (Å²) in [4.78, 5) is 11.4. The quantitative estimate of drug-likeness (QED) is 0.870. The molecule has 0 saturated carbocycles. The van der Waals surface area contributed by atoms with Gasteiger partial charge in [0.15, 0.2) is 0 Å². The highest BCUT2D eigenvalue weighted by Crippen LogP contribution is 2.18. The summed E-state index contributed by atoms with van der Waals surface area (Å²) < 4.78 is 5.62. The van der Waals surface area contributed by atoms with E-state index in [4.69, 9.17) is 0 Å². The average Bonchev–Trinajstić information content (AvgIpc) is 2.19. The molecule has 5 heteroatoms. The first-order valence-electron chi connectivity index (χ1n) is 4.19. The van der Waals surface area contributed by atoms with Gasteiger partial charge in [-0.1, -0.05) is 28.1 Å². The fourth-order valence-corrected chi connectivity index (χ4v) is 1.64. The van der Waals surface area contributed by atoms with Gasteiger partial charge in [-0.3, -0.25) is 0 Å². The topological polar surface area (TPSA) is 38.3 Å². The zero-order valence-electron chi connectivity index (χ0n) is 8.49. The van der Waals surface area contributed by atoms with E-state index >= 15 is 0 Å². The minimum absolute atomic E-state index is 0. The van der Waals surface area contributed by atoms with Crippen LogP contribution in [-0.4, -0.2) is 20.1 Å². The Morgan fingerprint density at radius 3 is 2.67 bits per heavy atom. The maximum atomic E-state index is 11.4. The molecule has 0 radical (unpaired) electrons. The maximum absolute atomic E-state index is 11.4. The molecule has 15 heavy (non-hydrogen) atoms. The molecule has 0 aromatic heterocycles. The summed E-state index contributed by atoms with van der Waals surface area (Å²) >= 11 is 3.35. The zero-order valence-corrected chi connectivity index (χ0v) is 10.9. The van der Waals surface area contributed by atoms with E-state index in [1.54, 1.807) is 7.05 Å². The molecule has 1 unspecified atom stereocenters. The van der Waals surface area contributed by atoms with Gasteiger partial charge in [0.05, 0.1) is 7.11 Å². The van der Waals surface area contributed by atoms with Gasteiger partial charge in [0.2, 0.25) is 0 Å². The molecular weight excluding hydrogens is 281 g/mol. The van der Waals surface area contributed by atoms with Crippen LogP contribution >= 0.6 is 28.3 Å². The van der Waals surface area contributed by atoms with Crippen molar-refractivity contribution in [3.63, 3.8) is 0 Å². The van der Waals surface area contributed by atoms with Gasteiger partial charge in [-0.05, 0) is 24.7 Å². The third-order valence-corrected chi connectivity index (χ3v) is 2.40. The van der Waals surface area contributed by atoms with Gasteiger partial charge >= 0.3 is 5.97 Å². The third-order valence-electron chi connectivity index (χ3n) is 1.91. The van der Waals surface area contributed by atoms with Crippen molar-refractivity contribution in [2.45, 2.75) is 6.04 Å². The predicted molar refractivity (Wildman–Crippen MR) is 65.2 cm³/mol. The molecule has 0 aliphatic carbocycles. The molecule has 0 fully saturated rings. The van der Waals surface area contributed by atoms with Crippen molar-refractivity contribution in [2.24, 2.45) is 0 Å². The second-order valence-electron chi connectivity index (χ2n) is 2.80. The van der Waals surface area contributed by atoms with E-state index in [1.165, 1.54) is 7.11 Å². The summed E-state index contributed by atoms with van der Waals surface area (Å²) in [6.45, 7) is 0. The Morgan fingerprint density at radius 1 is 1.53 bits per heavy atom. The van der Waals surface area contributed by atoms with E-state index in [1.807, 2.05) is 24.3 Å². The van der Waals surface area contributed by atoms with Crippen molar-refractivity contribution in [1.82, 2.24) is 5.32 Å². The Hall–Kier alpha value is -0.580. The van der Waals surface area contributed by atoms with Gasteiger partial charge < -0.3 is 10.1 Å². The van der Waals surface area contributed by atoms with Crippen molar-refractivity contribution < 1.29 is 9.53 Å². The number of hydrogen-bond acceptors (Lipinski definition) is 3. The smallest absolute Gasteiger partial charge is 0.327 e. The van der Waals surface area contributed by atoms with Crippen molar-refractivity contribution in [3.8, 4) is 0 Å². The van der Waals surface area contributed by atoms with Crippen LogP contribution in [0.1, 0.15) is 11.6 Å². The Kier molecular flexibility index (Phi) is 6.56. The summed E-state index contributed by atoms with van der Waals surface area (Å²) in [6, 6.07) is 7.15. The Labute approximate surface area is 104 Å². The van der Waals surface area contributed by atoms with E-state index < -0.39 is 6.04 Å². The second kappa shape index (κ2) is 6.82. The molecule has 1 aromatic rings. The lowest BCUT2D eigenvalue weighted by molar-refractivity contribution is -0.143. The Balaban J connectivity index is 0.00000196. The molecule has 0 bridgehead atoms. The molecule has 1 aromatic carbocycles. The number of methoxy groups -OCH3 is 1. The van der Waals surface area contributed by atoms with Gasteiger partial charge in [-0.2, -0.15) is 0 Å². The second-order valence-corrected chi connectivity index (χ2v) is 3.72. The van der Waals surface area contributed by atoms with E-state index in [0.717, 1.165) is 10.0 Å². The van der Waals surface area contributed by atoms with Crippen LogP contribution < -0.4 is 5.32 Å². The number of carbonyl (C=O) groups is 1. The van der Waals surface area contributed by atoms with Crippen LogP contribution in [0.2, 0.25) is 0 Å². The van der Waals surface area contributed by atoms with Crippen molar-refractivity contribution in [1.29, 1.82) is 0 Å². The average molecular weight is 295 g/mol. The number of halogens is 2. The summed E-state index contributed by atoms with van der Waals surface area (Å²) in [5, 5.41) is 2.90. The number of carbonyl (C=O) groups excluding carboxylic acids is 1. The number of benzene rings is 1. The number of ether oxygens (including phenoxy) is 1. The highest BCUT2D eigenvalue weighted by molar-refractivity contribution is 9.10. The highest BCUT2D eigenvalue weighted by Gasteiger charge is 2.18. The summed E-state index contributed by atoms with van der Waals surface area (Å²) in [5.41, 5.74) is 0.883. The number of esters is 1. The largest absolute Gasteiger partial charge is 0.468 e. The van der Waals surface area contributed by atoms with Gasteiger partial charge in [0.25, 0.3) is 0 Å². The highest BCUT2D eigenvalue weighted by atomic mass is 79.9. The minimum atomic E-state index is -0.405. The van der Waals surface area contributed by atoms with Crippen LogP contribution in [0.3, 0.4) is 0 Å². The normalized spacial score (nSPS) is 11.4. The van der Waals surface area contributed by atoms with Crippen LogP contribution in [0.4, 0.5) is 0 Å². The molecule has 0 amide bonds. The maximum Gasteiger partial charge on any atom is 0.327 e. The molecule has 3 nitrogen and oxygen atoms in total. The van der Waals surface area contributed by atoms with Crippen LogP contribution in [-0.2, 0) is 9.53 Å². The Bertz CT molecular complexity index is 333. The minimum Gasteiger partial charge on any atom is -0.468 e. The first-order valence-corrected chi connectivity index (χ1v) is 4.99. The number of hydrogen-bond donors (Lipinski definition) is 1. The summed E-state index contributed by atoms with van der Waals surface area (Å²) in [5.74, 6) is -0.286. The molecule has 1 rings (SSSR count). The van der Waals surface area contributed by atoms with Gasteiger partial charge in [0.1, 0.15) is 6.04 Å². The van der Waals surface area contributed by atoms with Crippen molar-refractivity contribution >= 4 is 34.3 Å². The van der Waals surface area contributed by atoms with E-state index in [0.29, 0.717) is 0 Å². The molecule has 1 N–H and O–H groups in total. The predicted octanol–water partition coefficient (Wildman–Crippen LogP) is 2.30. The SMILES string of the molecule is CNC(C(=O)OC)c1cccc(Br)c1.Cl. The summed E-state index contributed by atoms with van der Waals surface area (Å²) in [7, 11) is 3.10. The standard InChI is InChI=1S/C10H12BrNO2.ClH/c1-12-9(10(13)14-2)7-4-3-5-8(11)6-7;/h3-6,9,12H,1-2H3;1H.